The van der Waals surface area contributed by atoms with E-state index in [1.807, 2.05) is 25.1 Å². The smallest absolute Gasteiger partial charge is 0.187 e. The van der Waals surface area contributed by atoms with Gasteiger partial charge in [0.2, 0.25) is 0 Å². The first kappa shape index (κ1) is 13.5. The van der Waals surface area contributed by atoms with Gasteiger partial charge in [-0.25, -0.2) is 4.39 Å². The van der Waals surface area contributed by atoms with Gasteiger partial charge >= 0.3 is 0 Å². The molecule has 0 aliphatic rings. The van der Waals surface area contributed by atoms with Crippen LogP contribution in [0.1, 0.15) is 5.56 Å². The van der Waals surface area contributed by atoms with Gasteiger partial charge in [-0.05, 0) is 53.2 Å². The summed E-state index contributed by atoms with van der Waals surface area (Å²) in [6, 6.07) is 9.88. The molecule has 2 aromatic carbocycles. The first-order valence-electron chi connectivity index (χ1n) is 6.16. The number of rotatable bonds is 2. The topological polar surface area (TPSA) is 69.6 Å². The van der Waals surface area contributed by atoms with Crippen LogP contribution in [-0.4, -0.2) is 20.2 Å². The van der Waals surface area contributed by atoms with Crippen LogP contribution in [0.15, 0.2) is 36.4 Å². The summed E-state index contributed by atoms with van der Waals surface area (Å²) >= 11 is 6.24. The Bertz CT molecular complexity index is 815. The van der Waals surface area contributed by atoms with Crippen LogP contribution in [0, 0.1) is 12.7 Å². The van der Waals surface area contributed by atoms with Gasteiger partial charge in [0.1, 0.15) is 5.82 Å². The molecule has 0 fully saturated rings. The minimum atomic E-state index is -0.480. The fourth-order valence-corrected chi connectivity index (χ4v) is 2.31. The molecule has 0 saturated heterocycles. The zero-order valence-corrected chi connectivity index (χ0v) is 11.8. The van der Waals surface area contributed by atoms with Crippen molar-refractivity contribution in [1.82, 2.24) is 20.2 Å². The van der Waals surface area contributed by atoms with E-state index >= 15 is 0 Å². The molecule has 0 spiro atoms. The van der Waals surface area contributed by atoms with Crippen molar-refractivity contribution in [3.05, 3.63) is 52.8 Å². The highest BCUT2D eigenvalue weighted by molar-refractivity contribution is 6.32. The van der Waals surface area contributed by atoms with Crippen molar-refractivity contribution in [2.45, 2.75) is 6.92 Å². The number of aromatic nitrogens is 4. The van der Waals surface area contributed by atoms with Crippen molar-refractivity contribution < 1.29 is 4.39 Å². The SMILES string of the molecule is Cc1ccc(-n2nnnc2-c2ccc(F)c(N)c2)c(Cl)c1. The van der Waals surface area contributed by atoms with Gasteiger partial charge in [0.25, 0.3) is 0 Å². The fourth-order valence-electron chi connectivity index (χ4n) is 2.00. The maximum Gasteiger partial charge on any atom is 0.187 e. The van der Waals surface area contributed by atoms with Crippen molar-refractivity contribution in [1.29, 1.82) is 0 Å². The Balaban J connectivity index is 2.14. The number of nitrogens with two attached hydrogens (primary N) is 1. The number of halogens is 2. The molecule has 1 heterocycles. The molecule has 0 aliphatic heterocycles. The van der Waals surface area contributed by atoms with E-state index in [1.165, 1.54) is 16.8 Å². The number of hydrogen-bond donors (Lipinski definition) is 1. The normalized spacial score (nSPS) is 10.8. The molecule has 0 unspecified atom stereocenters. The van der Waals surface area contributed by atoms with E-state index in [-0.39, 0.29) is 5.69 Å². The van der Waals surface area contributed by atoms with Crippen LogP contribution in [0.25, 0.3) is 17.1 Å². The predicted octanol–water partition coefficient (Wildman–Crippen LogP) is 3.01. The molecule has 3 aromatic rings. The molecule has 1 aromatic heterocycles. The average molecular weight is 304 g/mol. The van der Waals surface area contributed by atoms with Crippen molar-refractivity contribution in [3.63, 3.8) is 0 Å². The van der Waals surface area contributed by atoms with Crippen LogP contribution in [0.5, 0.6) is 0 Å². The second-order valence-electron chi connectivity index (χ2n) is 4.61. The maximum atomic E-state index is 13.3. The molecule has 0 bridgehead atoms. The lowest BCUT2D eigenvalue weighted by Gasteiger charge is -2.08. The third-order valence-electron chi connectivity index (χ3n) is 3.06. The Labute approximate surface area is 125 Å². The van der Waals surface area contributed by atoms with Crippen LogP contribution < -0.4 is 5.73 Å². The molecule has 5 nitrogen and oxygen atoms in total. The van der Waals surface area contributed by atoms with E-state index in [0.717, 1.165) is 5.56 Å². The van der Waals surface area contributed by atoms with Gasteiger partial charge in [0.15, 0.2) is 5.82 Å². The molecular formula is C14H11ClFN5. The lowest BCUT2D eigenvalue weighted by molar-refractivity contribution is 0.632. The highest BCUT2D eigenvalue weighted by Gasteiger charge is 2.14. The number of aryl methyl sites for hydroxylation is 1. The number of nitrogens with zero attached hydrogens (tertiary/aromatic N) is 4. The summed E-state index contributed by atoms with van der Waals surface area (Å²) in [4.78, 5) is 0. The van der Waals surface area contributed by atoms with Gasteiger partial charge in [-0.1, -0.05) is 17.7 Å². The summed E-state index contributed by atoms with van der Waals surface area (Å²) in [7, 11) is 0. The van der Waals surface area contributed by atoms with E-state index < -0.39 is 5.82 Å². The van der Waals surface area contributed by atoms with Gasteiger partial charge in [-0.3, -0.25) is 0 Å². The molecule has 3 rings (SSSR count). The zero-order chi connectivity index (χ0) is 15.0. The Morgan fingerprint density at radius 3 is 2.71 bits per heavy atom. The second kappa shape index (κ2) is 5.14. The zero-order valence-electron chi connectivity index (χ0n) is 11.1. The van der Waals surface area contributed by atoms with Gasteiger partial charge in [0, 0.05) is 5.56 Å². The molecular weight excluding hydrogens is 293 g/mol. The van der Waals surface area contributed by atoms with Gasteiger partial charge in [-0.15, -0.1) is 5.10 Å². The summed E-state index contributed by atoms with van der Waals surface area (Å²) in [5.74, 6) is -0.0430. The lowest BCUT2D eigenvalue weighted by Crippen LogP contribution is -2.01. The number of benzene rings is 2. The van der Waals surface area contributed by atoms with Crippen molar-refractivity contribution >= 4 is 17.3 Å². The molecule has 0 saturated carbocycles. The van der Waals surface area contributed by atoms with Crippen molar-refractivity contribution in [2.24, 2.45) is 0 Å². The standard InChI is InChI=1S/C14H11ClFN5/c1-8-2-5-13(10(15)6-8)21-14(18-19-20-21)9-3-4-11(16)12(17)7-9/h2-7H,17H2,1H3. The fraction of sp³-hybridized carbons (Fsp3) is 0.0714. The van der Waals surface area contributed by atoms with Crippen LogP contribution in [-0.2, 0) is 0 Å². The summed E-state index contributed by atoms with van der Waals surface area (Å²) in [6.07, 6.45) is 0. The number of tetrazole rings is 1. The molecule has 0 radical (unpaired) electrons. The van der Waals surface area contributed by atoms with E-state index in [1.54, 1.807) is 6.07 Å². The van der Waals surface area contributed by atoms with E-state index in [2.05, 4.69) is 15.5 Å². The van der Waals surface area contributed by atoms with Gasteiger partial charge in [0.05, 0.1) is 16.4 Å². The summed E-state index contributed by atoms with van der Waals surface area (Å²) in [5, 5.41) is 12.1. The summed E-state index contributed by atoms with van der Waals surface area (Å²) in [6.45, 7) is 1.94. The molecule has 106 valence electrons. The molecule has 2 N–H and O–H groups in total. The van der Waals surface area contributed by atoms with Crippen LogP contribution in [0.4, 0.5) is 10.1 Å². The Kier molecular flexibility index (Phi) is 3.31. The monoisotopic (exact) mass is 303 g/mol. The lowest BCUT2D eigenvalue weighted by atomic mass is 10.1. The van der Waals surface area contributed by atoms with E-state index in [0.29, 0.717) is 22.1 Å². The Morgan fingerprint density at radius 2 is 2.00 bits per heavy atom. The van der Waals surface area contributed by atoms with E-state index in [9.17, 15) is 4.39 Å². The number of nitrogen functional groups attached to an aromatic ring is 1. The highest BCUT2D eigenvalue weighted by Crippen LogP contribution is 2.27. The largest absolute Gasteiger partial charge is 0.396 e. The summed E-state index contributed by atoms with van der Waals surface area (Å²) in [5.41, 5.74) is 7.91. The minimum Gasteiger partial charge on any atom is -0.396 e. The Morgan fingerprint density at radius 1 is 1.19 bits per heavy atom. The minimum absolute atomic E-state index is 0.0389. The molecule has 0 atom stereocenters. The first-order valence-corrected chi connectivity index (χ1v) is 6.54. The highest BCUT2D eigenvalue weighted by atomic mass is 35.5. The number of hydrogen-bond acceptors (Lipinski definition) is 4. The quantitative estimate of drug-likeness (QED) is 0.739. The van der Waals surface area contributed by atoms with E-state index in [4.69, 9.17) is 17.3 Å². The molecule has 0 aliphatic carbocycles. The van der Waals surface area contributed by atoms with Gasteiger partial charge in [-0.2, -0.15) is 4.68 Å². The molecule has 0 amide bonds. The number of anilines is 1. The Hall–Kier alpha value is -2.47. The average Bonchev–Trinajstić information content (AvgIpc) is 2.91. The van der Waals surface area contributed by atoms with Gasteiger partial charge < -0.3 is 5.73 Å². The van der Waals surface area contributed by atoms with Crippen LogP contribution >= 0.6 is 11.6 Å². The summed E-state index contributed by atoms with van der Waals surface area (Å²) < 4.78 is 14.8. The maximum absolute atomic E-state index is 13.3. The molecule has 21 heavy (non-hydrogen) atoms. The molecule has 7 heteroatoms. The van der Waals surface area contributed by atoms with Crippen LogP contribution in [0.3, 0.4) is 0 Å². The second-order valence-corrected chi connectivity index (χ2v) is 5.01. The predicted molar refractivity (Wildman–Crippen MR) is 78.7 cm³/mol. The third-order valence-corrected chi connectivity index (χ3v) is 3.36. The third kappa shape index (κ3) is 2.45. The van der Waals surface area contributed by atoms with Crippen LogP contribution in [0.2, 0.25) is 5.02 Å². The van der Waals surface area contributed by atoms with Crippen molar-refractivity contribution in [3.8, 4) is 17.1 Å². The van der Waals surface area contributed by atoms with Crippen molar-refractivity contribution in [2.75, 3.05) is 5.73 Å². The first-order chi connectivity index (χ1) is 10.1.